The lowest BCUT2D eigenvalue weighted by Gasteiger charge is -2.14. The zero-order valence-electron chi connectivity index (χ0n) is 18.3. The van der Waals surface area contributed by atoms with Gasteiger partial charge in [0.25, 0.3) is 0 Å². The van der Waals surface area contributed by atoms with E-state index in [0.29, 0.717) is 25.2 Å². The van der Waals surface area contributed by atoms with Crippen LogP contribution in [0, 0.1) is 41.4 Å². The second-order valence-corrected chi connectivity index (χ2v) is 7.07. The Hall–Kier alpha value is -3.54. The highest BCUT2D eigenvalue weighted by molar-refractivity contribution is 5.93. The Labute approximate surface area is 194 Å². The van der Waals surface area contributed by atoms with Gasteiger partial charge in [-0.3, -0.25) is 0 Å². The lowest BCUT2D eigenvalue weighted by molar-refractivity contribution is 0.0457. The van der Waals surface area contributed by atoms with Gasteiger partial charge in [-0.05, 0) is 43.9 Å². The number of hydrogen-bond acceptors (Lipinski definition) is 4. The average Bonchev–Trinajstić information content (AvgIpc) is 2.84. The third-order valence-corrected chi connectivity index (χ3v) is 4.61. The average molecular weight is 482 g/mol. The van der Waals surface area contributed by atoms with Crippen LogP contribution in [0.5, 0.6) is 11.5 Å². The highest BCUT2D eigenvalue weighted by atomic mass is 19.2. The van der Waals surface area contributed by atoms with Crippen molar-refractivity contribution in [3.63, 3.8) is 0 Å². The van der Waals surface area contributed by atoms with Gasteiger partial charge in [0.2, 0.25) is 5.82 Å². The van der Waals surface area contributed by atoms with Gasteiger partial charge in [0.05, 0.1) is 18.8 Å². The van der Waals surface area contributed by atoms with Crippen molar-refractivity contribution < 1.29 is 41.0 Å². The van der Waals surface area contributed by atoms with Crippen LogP contribution in [-0.2, 0) is 11.3 Å². The van der Waals surface area contributed by atoms with E-state index in [1.165, 1.54) is 12.1 Å². The molecule has 0 saturated heterocycles. The number of ether oxygens (including phenoxy) is 3. The second-order valence-electron chi connectivity index (χ2n) is 7.07. The first-order valence-corrected chi connectivity index (χ1v) is 10.4. The number of unbranched alkanes of at least 4 members (excludes halogenated alkanes) is 3. The van der Waals surface area contributed by atoms with E-state index in [2.05, 4.69) is 12.5 Å². The molecule has 0 saturated carbocycles. The number of halogens is 5. The minimum atomic E-state index is -2.30. The van der Waals surface area contributed by atoms with Gasteiger partial charge in [0, 0.05) is 6.42 Å². The number of carbonyl (C=O) groups excluding carboxylic acids is 1. The Balaban J connectivity index is 2.20. The minimum absolute atomic E-state index is 0.0819. The first-order chi connectivity index (χ1) is 16.3. The molecule has 0 aromatic heterocycles. The van der Waals surface area contributed by atoms with Gasteiger partial charge >= 0.3 is 5.97 Å². The molecule has 0 amide bonds. The summed E-state index contributed by atoms with van der Waals surface area (Å²) in [7, 11) is 0. The molecule has 0 heterocycles. The molecule has 34 heavy (non-hydrogen) atoms. The summed E-state index contributed by atoms with van der Waals surface area (Å²) in [5.41, 5.74) is -1.41. The van der Waals surface area contributed by atoms with E-state index in [-0.39, 0.29) is 17.9 Å². The molecule has 2 aromatic rings. The van der Waals surface area contributed by atoms with Gasteiger partial charge in [-0.1, -0.05) is 6.08 Å². The minimum Gasteiger partial charge on any atom is -0.494 e. The fourth-order valence-electron chi connectivity index (χ4n) is 2.81. The Morgan fingerprint density at radius 2 is 1.59 bits per heavy atom. The maximum atomic E-state index is 13.9. The zero-order valence-corrected chi connectivity index (χ0v) is 18.3. The first-order valence-electron chi connectivity index (χ1n) is 10.4. The molecule has 0 aliphatic rings. The van der Waals surface area contributed by atoms with Crippen LogP contribution in [0.15, 0.2) is 30.9 Å². The summed E-state index contributed by atoms with van der Waals surface area (Å²) in [6.45, 7) is 2.97. The maximum Gasteiger partial charge on any atom is 0.342 e. The summed E-state index contributed by atoms with van der Waals surface area (Å²) in [6.07, 6.45) is 10.3. The SMILES string of the molecule is C#CCCCOc1ccc(OCCCCC=C)cc1C(=O)OCc1c(F)c(F)c(F)c(F)c1F. The molecular formula is C25H23F5O4. The van der Waals surface area contributed by atoms with Crippen LogP contribution in [0.1, 0.15) is 48.0 Å². The number of carbonyl (C=O) groups is 1. The highest BCUT2D eigenvalue weighted by Crippen LogP contribution is 2.28. The summed E-state index contributed by atoms with van der Waals surface area (Å²) >= 11 is 0. The van der Waals surface area contributed by atoms with Gasteiger partial charge in [-0.2, -0.15) is 0 Å². The lowest BCUT2D eigenvalue weighted by Crippen LogP contribution is -2.13. The second kappa shape index (κ2) is 13.2. The molecule has 0 spiro atoms. The van der Waals surface area contributed by atoms with Crippen molar-refractivity contribution in [2.75, 3.05) is 13.2 Å². The van der Waals surface area contributed by atoms with E-state index in [1.807, 2.05) is 0 Å². The number of hydrogen-bond donors (Lipinski definition) is 0. The lowest BCUT2D eigenvalue weighted by atomic mass is 10.1. The van der Waals surface area contributed by atoms with Crippen molar-refractivity contribution >= 4 is 5.97 Å². The van der Waals surface area contributed by atoms with Crippen LogP contribution in [-0.4, -0.2) is 19.2 Å². The van der Waals surface area contributed by atoms with Crippen molar-refractivity contribution in [3.05, 3.63) is 71.1 Å². The first kappa shape index (κ1) is 26.7. The molecule has 0 atom stereocenters. The summed E-state index contributed by atoms with van der Waals surface area (Å²) in [5.74, 6) is -8.99. The normalized spacial score (nSPS) is 10.5. The van der Waals surface area contributed by atoms with Gasteiger partial charge in [0.15, 0.2) is 23.3 Å². The monoisotopic (exact) mass is 482 g/mol. The Kier molecular flexibility index (Phi) is 10.4. The third kappa shape index (κ3) is 6.98. The largest absolute Gasteiger partial charge is 0.494 e. The molecule has 4 nitrogen and oxygen atoms in total. The highest BCUT2D eigenvalue weighted by Gasteiger charge is 2.27. The Bertz CT molecular complexity index is 1030. The quantitative estimate of drug-likeness (QED) is 0.0643. The molecule has 2 rings (SSSR count). The van der Waals surface area contributed by atoms with Gasteiger partial charge in [0.1, 0.15) is 23.7 Å². The van der Waals surface area contributed by atoms with Crippen LogP contribution in [0.2, 0.25) is 0 Å². The van der Waals surface area contributed by atoms with Gasteiger partial charge < -0.3 is 14.2 Å². The molecule has 0 fully saturated rings. The third-order valence-electron chi connectivity index (χ3n) is 4.61. The molecule has 0 unspecified atom stereocenters. The fourth-order valence-corrected chi connectivity index (χ4v) is 2.81. The van der Waals surface area contributed by atoms with Crippen LogP contribution >= 0.6 is 0 Å². The predicted octanol–water partition coefficient (Wildman–Crippen LogP) is 6.27. The summed E-state index contributed by atoms with van der Waals surface area (Å²) < 4.78 is 83.8. The zero-order chi connectivity index (χ0) is 25.1. The van der Waals surface area contributed by atoms with Crippen LogP contribution in [0.25, 0.3) is 0 Å². The van der Waals surface area contributed by atoms with E-state index in [0.717, 1.165) is 19.3 Å². The van der Waals surface area contributed by atoms with Crippen LogP contribution in [0.3, 0.4) is 0 Å². The fraction of sp³-hybridized carbons (Fsp3) is 0.320. The maximum absolute atomic E-state index is 13.9. The number of allylic oxidation sites excluding steroid dienone is 1. The Morgan fingerprint density at radius 1 is 0.941 bits per heavy atom. The Morgan fingerprint density at radius 3 is 2.24 bits per heavy atom. The van der Waals surface area contributed by atoms with Crippen molar-refractivity contribution in [1.29, 1.82) is 0 Å². The van der Waals surface area contributed by atoms with Gasteiger partial charge in [-0.25, -0.2) is 26.7 Å². The van der Waals surface area contributed by atoms with E-state index >= 15 is 0 Å². The molecule has 2 aromatic carbocycles. The number of benzene rings is 2. The predicted molar refractivity (Wildman–Crippen MR) is 115 cm³/mol. The smallest absolute Gasteiger partial charge is 0.342 e. The van der Waals surface area contributed by atoms with Crippen LogP contribution in [0.4, 0.5) is 22.0 Å². The van der Waals surface area contributed by atoms with E-state index < -0.39 is 47.2 Å². The van der Waals surface area contributed by atoms with Crippen LogP contribution < -0.4 is 9.47 Å². The van der Waals surface area contributed by atoms with Crippen molar-refractivity contribution in [3.8, 4) is 23.8 Å². The number of terminal acetylenes is 1. The summed E-state index contributed by atoms with van der Waals surface area (Å²) in [4.78, 5) is 12.6. The molecule has 182 valence electrons. The molecule has 0 aliphatic heterocycles. The van der Waals surface area contributed by atoms with E-state index in [1.54, 1.807) is 12.1 Å². The van der Waals surface area contributed by atoms with E-state index in [9.17, 15) is 26.7 Å². The van der Waals surface area contributed by atoms with Gasteiger partial charge in [-0.15, -0.1) is 18.9 Å². The molecule has 0 N–H and O–H groups in total. The van der Waals surface area contributed by atoms with Crippen molar-refractivity contribution in [2.24, 2.45) is 0 Å². The summed E-state index contributed by atoms with van der Waals surface area (Å²) in [5, 5.41) is 0. The van der Waals surface area contributed by atoms with E-state index in [4.69, 9.17) is 20.6 Å². The standard InChI is InChI=1S/C25H23F5O4/c1-3-5-7-9-12-32-16-10-11-19(33-13-8-6-4-2)17(14-16)25(31)34-15-18-20(26)22(28)24(30)23(29)21(18)27/h2-3,10-11,14H,1,5-9,12-13,15H2. The molecule has 0 aliphatic carbocycles. The molecule has 0 radical (unpaired) electrons. The van der Waals surface area contributed by atoms with Crippen molar-refractivity contribution in [2.45, 2.75) is 38.7 Å². The molecule has 9 heteroatoms. The molecule has 0 bridgehead atoms. The topological polar surface area (TPSA) is 44.8 Å². The summed E-state index contributed by atoms with van der Waals surface area (Å²) in [6, 6.07) is 4.32. The molecular weight excluding hydrogens is 459 g/mol. The number of esters is 1. The number of rotatable bonds is 13. The van der Waals surface area contributed by atoms with Crippen molar-refractivity contribution in [1.82, 2.24) is 0 Å².